The van der Waals surface area contributed by atoms with Crippen molar-refractivity contribution in [2.24, 2.45) is 5.92 Å². The molecule has 0 N–H and O–H groups in total. The van der Waals surface area contributed by atoms with Crippen molar-refractivity contribution in [1.29, 1.82) is 5.26 Å². The Morgan fingerprint density at radius 3 is 2.69 bits per heavy atom. The second-order valence-electron chi connectivity index (χ2n) is 5.87. The van der Waals surface area contributed by atoms with Gasteiger partial charge in [-0.1, -0.05) is 0 Å². The lowest BCUT2D eigenvalue weighted by molar-refractivity contribution is 0.221. The highest BCUT2D eigenvalue weighted by atomic mass is 16.5. The summed E-state index contributed by atoms with van der Waals surface area (Å²) in [5.74, 6) is 1.29. The fraction of sp³-hybridized carbons (Fsp3) is 0.471. The zero-order valence-electron chi connectivity index (χ0n) is 14.8. The average molecular weight is 356 g/mol. The van der Waals surface area contributed by atoms with Crippen molar-refractivity contribution in [1.82, 2.24) is 19.9 Å². The van der Waals surface area contributed by atoms with Crippen molar-refractivity contribution < 1.29 is 14.2 Å². The van der Waals surface area contributed by atoms with E-state index in [1.165, 1.54) is 14.2 Å². The Balaban J connectivity index is 1.65. The van der Waals surface area contributed by atoms with Gasteiger partial charge in [-0.2, -0.15) is 15.2 Å². The number of hydrogen-bond acceptors (Lipinski definition) is 9. The molecule has 1 atom stereocenters. The Morgan fingerprint density at radius 1 is 1.23 bits per heavy atom. The van der Waals surface area contributed by atoms with Crippen molar-refractivity contribution in [3.63, 3.8) is 0 Å². The molecule has 1 aliphatic rings. The molecule has 9 heteroatoms. The summed E-state index contributed by atoms with van der Waals surface area (Å²) < 4.78 is 16.0. The first-order chi connectivity index (χ1) is 12.7. The highest BCUT2D eigenvalue weighted by Gasteiger charge is 2.24. The van der Waals surface area contributed by atoms with E-state index >= 15 is 0 Å². The van der Waals surface area contributed by atoms with Gasteiger partial charge < -0.3 is 19.1 Å². The van der Waals surface area contributed by atoms with Gasteiger partial charge in [0.25, 0.3) is 0 Å². The highest BCUT2D eigenvalue weighted by molar-refractivity contribution is 5.33. The van der Waals surface area contributed by atoms with Crippen molar-refractivity contribution in [2.75, 3.05) is 38.8 Å². The van der Waals surface area contributed by atoms with E-state index < -0.39 is 0 Å². The van der Waals surface area contributed by atoms with E-state index in [0.29, 0.717) is 29.9 Å². The van der Waals surface area contributed by atoms with Gasteiger partial charge in [-0.3, -0.25) is 0 Å². The molecule has 0 radical (unpaired) electrons. The van der Waals surface area contributed by atoms with E-state index in [-0.39, 0.29) is 12.0 Å². The molecule has 0 bridgehead atoms. The normalized spacial score (nSPS) is 16.7. The second-order valence-corrected chi connectivity index (χ2v) is 5.87. The molecule has 1 fully saturated rings. The van der Waals surface area contributed by atoms with Gasteiger partial charge in [-0.15, -0.1) is 4.98 Å². The lowest BCUT2D eigenvalue weighted by Crippen LogP contribution is -2.38. The van der Waals surface area contributed by atoms with Gasteiger partial charge in [-0.05, 0) is 18.9 Å². The molecular weight excluding hydrogens is 336 g/mol. The molecule has 9 nitrogen and oxygen atoms in total. The number of rotatable bonds is 6. The molecule has 0 saturated carbocycles. The molecule has 1 aliphatic heterocycles. The third kappa shape index (κ3) is 4.27. The molecule has 0 spiro atoms. The van der Waals surface area contributed by atoms with Crippen LogP contribution in [0.5, 0.6) is 17.9 Å². The molecule has 26 heavy (non-hydrogen) atoms. The van der Waals surface area contributed by atoms with Gasteiger partial charge in [0.1, 0.15) is 0 Å². The van der Waals surface area contributed by atoms with Crippen LogP contribution in [0, 0.1) is 17.2 Å². The zero-order chi connectivity index (χ0) is 18.4. The van der Waals surface area contributed by atoms with Gasteiger partial charge in [-0.25, -0.2) is 4.98 Å². The number of nitrogens with zero attached hydrogens (tertiary/aromatic N) is 6. The van der Waals surface area contributed by atoms with Crippen molar-refractivity contribution in [3.8, 4) is 24.0 Å². The minimum Gasteiger partial charge on any atom is -0.477 e. The maximum absolute atomic E-state index is 8.95. The molecule has 0 aromatic carbocycles. The van der Waals surface area contributed by atoms with Crippen molar-refractivity contribution in [3.05, 3.63) is 23.9 Å². The lowest BCUT2D eigenvalue weighted by atomic mass is 9.99. The van der Waals surface area contributed by atoms with Crippen LogP contribution >= 0.6 is 0 Å². The summed E-state index contributed by atoms with van der Waals surface area (Å²) in [6.45, 7) is 2.10. The number of aromatic nitrogens is 4. The fourth-order valence-corrected chi connectivity index (χ4v) is 2.80. The molecule has 0 aliphatic carbocycles. The van der Waals surface area contributed by atoms with Crippen LogP contribution in [0.4, 0.5) is 5.95 Å². The number of nitriles is 1. The molecule has 3 heterocycles. The standard InChI is InChI=1S/C17H20N6O3/c1-24-16-20-15(21-17(22-16)25-2)23-7-3-4-13(10-23)11-26-14-8-12(9-18)5-6-19-14/h5-6,8,13H,3-4,7,10-11H2,1-2H3. The van der Waals surface area contributed by atoms with Crippen LogP contribution in [-0.4, -0.2) is 53.9 Å². The number of pyridine rings is 1. The van der Waals surface area contributed by atoms with Crippen LogP contribution in [0.15, 0.2) is 18.3 Å². The summed E-state index contributed by atoms with van der Waals surface area (Å²) in [5.41, 5.74) is 0.532. The molecular formula is C17H20N6O3. The molecule has 136 valence electrons. The number of anilines is 1. The summed E-state index contributed by atoms with van der Waals surface area (Å²) in [4.78, 5) is 18.9. The smallest absolute Gasteiger partial charge is 0.324 e. The summed E-state index contributed by atoms with van der Waals surface area (Å²) in [6, 6.07) is 5.82. The molecule has 1 unspecified atom stereocenters. The molecule has 0 amide bonds. The first kappa shape index (κ1) is 17.7. The van der Waals surface area contributed by atoms with Gasteiger partial charge >= 0.3 is 12.0 Å². The fourth-order valence-electron chi connectivity index (χ4n) is 2.80. The van der Waals surface area contributed by atoms with Crippen LogP contribution in [-0.2, 0) is 0 Å². The third-order valence-corrected chi connectivity index (χ3v) is 4.08. The predicted octanol–water partition coefficient (Wildman–Crippen LogP) is 1.45. The molecule has 1 saturated heterocycles. The minimum absolute atomic E-state index is 0.225. The SMILES string of the molecule is COc1nc(OC)nc(N2CCCC(COc3cc(C#N)ccn3)C2)n1. The third-order valence-electron chi connectivity index (χ3n) is 4.08. The van der Waals surface area contributed by atoms with Gasteiger partial charge in [0, 0.05) is 31.3 Å². The van der Waals surface area contributed by atoms with Gasteiger partial charge in [0.05, 0.1) is 32.5 Å². The lowest BCUT2D eigenvalue weighted by Gasteiger charge is -2.32. The van der Waals surface area contributed by atoms with Crippen LogP contribution in [0.25, 0.3) is 0 Å². The maximum Gasteiger partial charge on any atom is 0.324 e. The van der Waals surface area contributed by atoms with Crippen LogP contribution in [0.1, 0.15) is 18.4 Å². The predicted molar refractivity (Wildman–Crippen MR) is 92.3 cm³/mol. The Labute approximate surface area is 151 Å². The highest BCUT2D eigenvalue weighted by Crippen LogP contribution is 2.23. The summed E-state index contributed by atoms with van der Waals surface area (Å²) in [7, 11) is 3.02. The van der Waals surface area contributed by atoms with Gasteiger partial charge in [0.15, 0.2) is 0 Å². The number of methoxy groups -OCH3 is 2. The monoisotopic (exact) mass is 356 g/mol. The van der Waals surface area contributed by atoms with E-state index in [9.17, 15) is 0 Å². The summed E-state index contributed by atoms with van der Waals surface area (Å²) in [6.07, 6.45) is 3.61. The van der Waals surface area contributed by atoms with E-state index in [1.807, 2.05) is 0 Å². The first-order valence-electron chi connectivity index (χ1n) is 8.29. The van der Waals surface area contributed by atoms with E-state index in [1.54, 1.807) is 18.3 Å². The maximum atomic E-state index is 8.95. The van der Waals surface area contributed by atoms with Gasteiger partial charge in [0.2, 0.25) is 11.8 Å². The Bertz CT molecular complexity index is 772. The second kappa shape index (κ2) is 8.29. The van der Waals surface area contributed by atoms with E-state index in [2.05, 4.69) is 30.9 Å². The Kier molecular flexibility index (Phi) is 5.63. The van der Waals surface area contributed by atoms with Crippen LogP contribution in [0.2, 0.25) is 0 Å². The Morgan fingerprint density at radius 2 is 2.00 bits per heavy atom. The van der Waals surface area contributed by atoms with Crippen molar-refractivity contribution in [2.45, 2.75) is 12.8 Å². The Hall–Kier alpha value is -3.15. The summed E-state index contributed by atoms with van der Waals surface area (Å²) in [5, 5.41) is 8.95. The van der Waals surface area contributed by atoms with E-state index in [4.69, 9.17) is 19.5 Å². The first-order valence-corrected chi connectivity index (χ1v) is 8.29. The molecule has 2 aromatic rings. The zero-order valence-corrected chi connectivity index (χ0v) is 14.8. The average Bonchev–Trinajstić information content (AvgIpc) is 2.72. The summed E-state index contributed by atoms with van der Waals surface area (Å²) >= 11 is 0. The van der Waals surface area contributed by atoms with E-state index in [0.717, 1.165) is 25.9 Å². The topological polar surface area (TPSA) is 106 Å². The minimum atomic E-state index is 0.225. The number of ether oxygens (including phenoxy) is 3. The molecule has 3 rings (SSSR count). The largest absolute Gasteiger partial charge is 0.477 e. The quantitative estimate of drug-likeness (QED) is 0.760. The number of piperidine rings is 1. The number of hydrogen-bond donors (Lipinski definition) is 0. The van der Waals surface area contributed by atoms with Crippen LogP contribution < -0.4 is 19.1 Å². The van der Waals surface area contributed by atoms with Crippen molar-refractivity contribution >= 4 is 5.95 Å². The molecule has 2 aromatic heterocycles. The van der Waals surface area contributed by atoms with Crippen LogP contribution in [0.3, 0.4) is 0 Å².